The lowest BCUT2D eigenvalue weighted by molar-refractivity contribution is 0.0266. The summed E-state index contributed by atoms with van der Waals surface area (Å²) in [6, 6.07) is 9.89. The van der Waals surface area contributed by atoms with Crippen molar-refractivity contribution in [1.82, 2.24) is 9.80 Å². The number of fused-ring (bicyclic) bond motifs is 2. The first kappa shape index (κ1) is 24.6. The summed E-state index contributed by atoms with van der Waals surface area (Å²) in [4.78, 5) is 16.7. The summed E-state index contributed by atoms with van der Waals surface area (Å²) < 4.78 is 13.9. The molecule has 0 aliphatic carbocycles. The van der Waals surface area contributed by atoms with Gasteiger partial charge in [0.05, 0.1) is 16.1 Å². The molecule has 0 saturated carbocycles. The van der Waals surface area contributed by atoms with Gasteiger partial charge in [0.1, 0.15) is 5.82 Å². The van der Waals surface area contributed by atoms with Gasteiger partial charge in [-0.1, -0.05) is 23.2 Å². The van der Waals surface area contributed by atoms with Gasteiger partial charge >= 0.3 is 6.03 Å². The maximum Gasteiger partial charge on any atom is 0.321 e. The van der Waals surface area contributed by atoms with E-state index in [9.17, 15) is 14.3 Å². The fraction of sp³-hybridized carbons (Fsp3) is 0.500. The molecule has 1 unspecified atom stereocenters. The number of rotatable bonds is 4. The number of nitrogens with one attached hydrogen (secondary N) is 2. The zero-order chi connectivity index (χ0) is 24.6. The molecule has 1 spiro atoms. The molecule has 2 aromatic rings. The van der Waals surface area contributed by atoms with Crippen LogP contribution in [0.1, 0.15) is 31.2 Å². The summed E-state index contributed by atoms with van der Waals surface area (Å²) in [5.41, 5.74) is 2.75. The van der Waals surface area contributed by atoms with Crippen molar-refractivity contribution in [3.63, 3.8) is 0 Å². The molecule has 2 amide bonds. The van der Waals surface area contributed by atoms with Gasteiger partial charge in [0.25, 0.3) is 0 Å². The summed E-state index contributed by atoms with van der Waals surface area (Å²) in [5.74, 6) is -0.00968. The van der Waals surface area contributed by atoms with Gasteiger partial charge in [0.15, 0.2) is 0 Å². The van der Waals surface area contributed by atoms with Gasteiger partial charge in [-0.2, -0.15) is 0 Å². The Hall–Kier alpha value is -2.06. The van der Waals surface area contributed by atoms with E-state index in [1.165, 1.54) is 6.07 Å². The minimum Gasteiger partial charge on any atom is -0.392 e. The summed E-state index contributed by atoms with van der Waals surface area (Å²) >= 11 is 12.0. The molecule has 0 radical (unpaired) electrons. The third kappa shape index (κ3) is 5.24. The van der Waals surface area contributed by atoms with Crippen LogP contribution in [0.3, 0.4) is 0 Å². The van der Waals surface area contributed by atoms with Crippen molar-refractivity contribution in [2.24, 2.45) is 5.92 Å². The minimum atomic E-state index is -0.421. The van der Waals surface area contributed by atoms with Gasteiger partial charge in [0, 0.05) is 43.0 Å². The maximum absolute atomic E-state index is 13.9. The molecule has 6 nitrogen and oxygen atoms in total. The molecule has 9 heteroatoms. The molecular weight excluding hydrogens is 490 g/mol. The molecule has 35 heavy (non-hydrogen) atoms. The standard InChI is InChI=1S/C26H31Cl2FN4O2/c27-21-3-2-19(14-22(21)28)31-25(35)33-9-5-17(6-10-33)24(34)15-32-11-7-26(8-12-32)16-30-23-4-1-18(29)13-20(23)26/h1-4,13-14,17,24,30,34H,5-12,15-16H2,(H,31,35). The topological polar surface area (TPSA) is 67.8 Å². The molecule has 2 fully saturated rings. The van der Waals surface area contributed by atoms with Gasteiger partial charge in [-0.15, -0.1) is 0 Å². The van der Waals surface area contributed by atoms with E-state index in [0.717, 1.165) is 56.6 Å². The SMILES string of the molecule is O=C(Nc1ccc(Cl)c(Cl)c1)N1CCC(C(O)CN2CCC3(CC2)CNc2ccc(F)cc23)CC1. The number of hydrogen-bond donors (Lipinski definition) is 3. The van der Waals surface area contributed by atoms with Crippen LogP contribution >= 0.6 is 23.2 Å². The number of hydrogen-bond acceptors (Lipinski definition) is 4. The van der Waals surface area contributed by atoms with Gasteiger partial charge in [0.2, 0.25) is 0 Å². The van der Waals surface area contributed by atoms with Gasteiger partial charge in [-0.25, -0.2) is 9.18 Å². The van der Waals surface area contributed by atoms with Crippen LogP contribution in [-0.2, 0) is 5.41 Å². The fourth-order valence-corrected chi connectivity index (χ4v) is 6.05. The molecule has 3 aliphatic rings. The smallest absolute Gasteiger partial charge is 0.321 e. The number of carbonyl (C=O) groups is 1. The van der Waals surface area contributed by atoms with Crippen LogP contribution in [0.15, 0.2) is 36.4 Å². The van der Waals surface area contributed by atoms with Gasteiger partial charge < -0.3 is 25.5 Å². The van der Waals surface area contributed by atoms with E-state index < -0.39 is 6.10 Å². The van der Waals surface area contributed by atoms with Crippen molar-refractivity contribution < 1.29 is 14.3 Å². The number of piperidine rings is 2. The molecule has 3 heterocycles. The van der Waals surface area contributed by atoms with E-state index in [4.69, 9.17) is 23.2 Å². The highest BCUT2D eigenvalue weighted by molar-refractivity contribution is 6.42. The quantitative estimate of drug-likeness (QED) is 0.518. The Morgan fingerprint density at radius 3 is 2.57 bits per heavy atom. The largest absolute Gasteiger partial charge is 0.392 e. The van der Waals surface area contributed by atoms with Crippen molar-refractivity contribution in [2.45, 2.75) is 37.2 Å². The summed E-state index contributed by atoms with van der Waals surface area (Å²) in [6.07, 6.45) is 3.03. The third-order valence-corrected chi connectivity index (χ3v) is 8.71. The Labute approximate surface area is 215 Å². The maximum atomic E-state index is 13.9. The highest BCUT2D eigenvalue weighted by atomic mass is 35.5. The number of likely N-dealkylation sites (tertiary alicyclic amines) is 2. The number of aliphatic hydroxyl groups excluding tert-OH is 1. The first-order valence-electron chi connectivity index (χ1n) is 12.3. The number of carbonyl (C=O) groups excluding carboxylic acids is 1. The Kier molecular flexibility index (Phi) is 7.13. The number of amides is 2. The van der Waals surface area contributed by atoms with E-state index in [1.807, 2.05) is 6.07 Å². The molecule has 188 valence electrons. The number of benzene rings is 2. The second kappa shape index (κ2) is 10.1. The molecule has 0 bridgehead atoms. The predicted molar refractivity (Wildman–Crippen MR) is 138 cm³/mol. The summed E-state index contributed by atoms with van der Waals surface area (Å²) in [6.45, 7) is 4.47. The number of aliphatic hydroxyl groups is 1. The number of halogens is 3. The van der Waals surface area contributed by atoms with Crippen LogP contribution in [0.25, 0.3) is 0 Å². The predicted octanol–water partition coefficient (Wildman–Crippen LogP) is 5.20. The Balaban J connectivity index is 1.08. The molecule has 0 aromatic heterocycles. The van der Waals surface area contributed by atoms with Crippen molar-refractivity contribution in [3.05, 3.63) is 57.8 Å². The van der Waals surface area contributed by atoms with Crippen molar-refractivity contribution in [2.75, 3.05) is 49.9 Å². The average Bonchev–Trinajstić information content (AvgIpc) is 3.20. The van der Waals surface area contributed by atoms with Crippen LogP contribution in [0, 0.1) is 11.7 Å². The Morgan fingerprint density at radius 1 is 1.11 bits per heavy atom. The summed E-state index contributed by atoms with van der Waals surface area (Å²) in [7, 11) is 0. The average molecular weight is 521 g/mol. The molecule has 5 rings (SSSR count). The van der Waals surface area contributed by atoms with Crippen LogP contribution in [-0.4, -0.2) is 66.3 Å². The molecular formula is C26H31Cl2FN4O2. The zero-order valence-electron chi connectivity index (χ0n) is 19.6. The lowest BCUT2D eigenvalue weighted by Crippen LogP contribution is -2.49. The van der Waals surface area contributed by atoms with Crippen LogP contribution < -0.4 is 10.6 Å². The minimum absolute atomic E-state index is 0.00803. The monoisotopic (exact) mass is 520 g/mol. The lowest BCUT2D eigenvalue weighted by Gasteiger charge is -2.41. The van der Waals surface area contributed by atoms with E-state index >= 15 is 0 Å². The van der Waals surface area contributed by atoms with Crippen LogP contribution in [0.2, 0.25) is 10.0 Å². The number of urea groups is 1. The van der Waals surface area contributed by atoms with Crippen LogP contribution in [0.4, 0.5) is 20.6 Å². The number of nitrogens with zero attached hydrogens (tertiary/aromatic N) is 2. The van der Waals surface area contributed by atoms with Crippen LogP contribution in [0.5, 0.6) is 0 Å². The second-order valence-electron chi connectivity index (χ2n) is 10.1. The molecule has 3 N–H and O–H groups in total. The number of anilines is 2. The van der Waals surface area contributed by atoms with Gasteiger partial charge in [-0.3, -0.25) is 0 Å². The van der Waals surface area contributed by atoms with E-state index in [1.54, 1.807) is 29.2 Å². The van der Waals surface area contributed by atoms with E-state index in [2.05, 4.69) is 15.5 Å². The van der Waals surface area contributed by atoms with Crippen molar-refractivity contribution in [3.8, 4) is 0 Å². The highest BCUT2D eigenvalue weighted by Crippen LogP contribution is 2.44. The molecule has 3 aliphatic heterocycles. The molecule has 2 aromatic carbocycles. The Bertz CT molecular complexity index is 1090. The lowest BCUT2D eigenvalue weighted by atomic mass is 9.74. The Morgan fingerprint density at radius 2 is 1.86 bits per heavy atom. The third-order valence-electron chi connectivity index (χ3n) is 7.97. The zero-order valence-corrected chi connectivity index (χ0v) is 21.1. The normalized spacial score (nSPS) is 21.0. The molecule has 2 saturated heterocycles. The highest BCUT2D eigenvalue weighted by Gasteiger charge is 2.42. The summed E-state index contributed by atoms with van der Waals surface area (Å²) in [5, 5.41) is 18.1. The first-order valence-corrected chi connectivity index (χ1v) is 13.0. The van der Waals surface area contributed by atoms with Gasteiger partial charge in [-0.05, 0) is 86.7 Å². The van der Waals surface area contributed by atoms with E-state index in [0.29, 0.717) is 35.4 Å². The second-order valence-corrected chi connectivity index (χ2v) is 10.9. The first-order chi connectivity index (χ1) is 16.8. The number of β-amino-alcohol motifs (C(OH)–C–C–N with tert-alkyl or cyclic N) is 1. The molecule has 1 atom stereocenters. The van der Waals surface area contributed by atoms with Crippen molar-refractivity contribution >= 4 is 40.6 Å². The van der Waals surface area contributed by atoms with E-state index in [-0.39, 0.29) is 23.2 Å². The fourth-order valence-electron chi connectivity index (χ4n) is 5.76. The van der Waals surface area contributed by atoms with Crippen molar-refractivity contribution in [1.29, 1.82) is 0 Å².